The van der Waals surface area contributed by atoms with Gasteiger partial charge in [-0.25, -0.2) is 4.79 Å². The van der Waals surface area contributed by atoms with Gasteiger partial charge in [-0.1, -0.05) is 0 Å². The summed E-state index contributed by atoms with van der Waals surface area (Å²) in [6, 6.07) is 4.75. The third kappa shape index (κ3) is 6.15. The number of methoxy groups -OCH3 is 2. The van der Waals surface area contributed by atoms with Crippen LogP contribution in [0.3, 0.4) is 0 Å². The molecule has 0 aliphatic carbocycles. The fourth-order valence-electron chi connectivity index (χ4n) is 1.81. The van der Waals surface area contributed by atoms with Gasteiger partial charge in [-0.05, 0) is 32.9 Å². The monoisotopic (exact) mass is 325 g/mol. The number of ether oxygens (including phenoxy) is 4. The Morgan fingerprint density at radius 2 is 2.00 bits per heavy atom. The topological polar surface area (TPSA) is 83.1 Å². The highest BCUT2D eigenvalue weighted by atomic mass is 16.6. The van der Waals surface area contributed by atoms with E-state index in [2.05, 4.69) is 5.32 Å². The predicted molar refractivity (Wildman–Crippen MR) is 83.7 cm³/mol. The van der Waals surface area contributed by atoms with Crippen LogP contribution in [0, 0.1) is 0 Å². The van der Waals surface area contributed by atoms with Crippen LogP contribution < -0.4 is 14.8 Å². The number of carbonyl (C=O) groups is 2. The number of benzene rings is 1. The van der Waals surface area contributed by atoms with Crippen molar-refractivity contribution in [3.8, 4) is 11.5 Å². The molecule has 0 saturated carbocycles. The van der Waals surface area contributed by atoms with Crippen LogP contribution in [-0.2, 0) is 14.3 Å². The van der Waals surface area contributed by atoms with E-state index in [1.807, 2.05) is 20.8 Å². The molecule has 0 spiro atoms. The average Bonchev–Trinajstić information content (AvgIpc) is 2.50. The molecule has 23 heavy (non-hydrogen) atoms. The third-order valence-electron chi connectivity index (χ3n) is 2.73. The fraction of sp³-hybridized carbons (Fsp3) is 0.500. The van der Waals surface area contributed by atoms with Crippen LogP contribution in [0.1, 0.15) is 31.1 Å². The SMILES string of the molecule is COC(=O)c1ccc(OC)cc1OCC(NC=O)OC(C)(C)C. The summed E-state index contributed by atoms with van der Waals surface area (Å²) in [5.74, 6) is 0.287. The number of carbonyl (C=O) groups excluding carboxylic acids is 2. The molecule has 0 fully saturated rings. The Kier molecular flexibility index (Phi) is 6.84. The zero-order valence-electron chi connectivity index (χ0n) is 14.0. The van der Waals surface area contributed by atoms with E-state index in [4.69, 9.17) is 18.9 Å². The molecule has 7 heteroatoms. The molecule has 128 valence electrons. The minimum absolute atomic E-state index is 0.0210. The maximum atomic E-state index is 11.8. The second-order valence-electron chi connectivity index (χ2n) is 5.67. The van der Waals surface area contributed by atoms with E-state index in [0.29, 0.717) is 12.2 Å². The van der Waals surface area contributed by atoms with E-state index in [9.17, 15) is 9.59 Å². The molecule has 0 aliphatic heterocycles. The van der Waals surface area contributed by atoms with Crippen LogP contribution in [0.25, 0.3) is 0 Å². The third-order valence-corrected chi connectivity index (χ3v) is 2.73. The van der Waals surface area contributed by atoms with Crippen molar-refractivity contribution < 1.29 is 28.5 Å². The van der Waals surface area contributed by atoms with Gasteiger partial charge in [-0.2, -0.15) is 0 Å². The highest BCUT2D eigenvalue weighted by Crippen LogP contribution is 2.26. The van der Waals surface area contributed by atoms with Crippen LogP contribution in [0.4, 0.5) is 0 Å². The molecule has 0 radical (unpaired) electrons. The lowest BCUT2D eigenvalue weighted by atomic mass is 10.2. The Bertz CT molecular complexity index is 538. The average molecular weight is 325 g/mol. The molecule has 1 N–H and O–H groups in total. The molecule has 1 aromatic rings. The number of hydrogen-bond donors (Lipinski definition) is 1. The largest absolute Gasteiger partial charge is 0.497 e. The molecular formula is C16H23NO6. The Labute approximate surface area is 135 Å². The first-order valence-corrected chi connectivity index (χ1v) is 7.07. The number of esters is 1. The smallest absolute Gasteiger partial charge is 0.341 e. The van der Waals surface area contributed by atoms with Crippen molar-refractivity contribution in [3.05, 3.63) is 23.8 Å². The van der Waals surface area contributed by atoms with Gasteiger partial charge in [0, 0.05) is 6.07 Å². The molecule has 0 bridgehead atoms. The minimum Gasteiger partial charge on any atom is -0.497 e. The quantitative estimate of drug-likeness (QED) is 0.445. The van der Waals surface area contributed by atoms with Crippen molar-refractivity contribution in [1.29, 1.82) is 0 Å². The lowest BCUT2D eigenvalue weighted by Crippen LogP contribution is -2.41. The van der Waals surface area contributed by atoms with Crippen LogP contribution in [0.2, 0.25) is 0 Å². The van der Waals surface area contributed by atoms with E-state index in [-0.39, 0.29) is 17.9 Å². The molecule has 0 saturated heterocycles. The van der Waals surface area contributed by atoms with Crippen LogP contribution in [0.5, 0.6) is 11.5 Å². The van der Waals surface area contributed by atoms with E-state index in [1.165, 1.54) is 14.2 Å². The molecule has 1 atom stereocenters. The van der Waals surface area contributed by atoms with Gasteiger partial charge in [-0.15, -0.1) is 0 Å². The van der Waals surface area contributed by atoms with E-state index in [1.54, 1.807) is 18.2 Å². The maximum Gasteiger partial charge on any atom is 0.341 e. The number of nitrogens with one attached hydrogen (secondary N) is 1. The second kappa shape index (κ2) is 8.38. The summed E-state index contributed by atoms with van der Waals surface area (Å²) < 4.78 is 21.1. The van der Waals surface area contributed by atoms with E-state index in [0.717, 1.165) is 0 Å². The van der Waals surface area contributed by atoms with E-state index >= 15 is 0 Å². The lowest BCUT2D eigenvalue weighted by Gasteiger charge is -2.27. The molecule has 1 rings (SSSR count). The molecule has 0 heterocycles. The number of hydrogen-bond acceptors (Lipinski definition) is 6. The molecular weight excluding hydrogens is 302 g/mol. The molecule has 7 nitrogen and oxygen atoms in total. The summed E-state index contributed by atoms with van der Waals surface area (Å²) in [7, 11) is 2.80. The Balaban J connectivity index is 2.92. The Morgan fingerprint density at radius 3 is 2.52 bits per heavy atom. The number of rotatable bonds is 8. The van der Waals surface area contributed by atoms with Gasteiger partial charge in [0.15, 0.2) is 6.23 Å². The Hall–Kier alpha value is -2.28. The van der Waals surface area contributed by atoms with Gasteiger partial charge in [0.2, 0.25) is 6.41 Å². The van der Waals surface area contributed by atoms with Gasteiger partial charge in [0.25, 0.3) is 0 Å². The zero-order valence-corrected chi connectivity index (χ0v) is 14.0. The predicted octanol–water partition coefficient (Wildman–Crippen LogP) is 1.75. The highest BCUT2D eigenvalue weighted by Gasteiger charge is 2.21. The van der Waals surface area contributed by atoms with Crippen LogP contribution >= 0.6 is 0 Å². The normalized spacial score (nSPS) is 12.2. The summed E-state index contributed by atoms with van der Waals surface area (Å²) in [6.45, 7) is 5.60. The van der Waals surface area contributed by atoms with E-state index < -0.39 is 17.8 Å². The first-order valence-electron chi connectivity index (χ1n) is 7.07. The van der Waals surface area contributed by atoms with Gasteiger partial charge >= 0.3 is 5.97 Å². The summed E-state index contributed by atoms with van der Waals surface area (Å²) in [4.78, 5) is 22.5. The second-order valence-corrected chi connectivity index (χ2v) is 5.67. The van der Waals surface area contributed by atoms with Crippen molar-refractivity contribution in [2.75, 3.05) is 20.8 Å². The van der Waals surface area contributed by atoms with Gasteiger partial charge in [-0.3, -0.25) is 4.79 Å². The minimum atomic E-state index is -0.663. The molecule has 0 aliphatic rings. The lowest BCUT2D eigenvalue weighted by molar-refractivity contribution is -0.123. The molecule has 1 amide bonds. The van der Waals surface area contributed by atoms with Crippen molar-refractivity contribution in [3.63, 3.8) is 0 Å². The fourth-order valence-corrected chi connectivity index (χ4v) is 1.81. The maximum absolute atomic E-state index is 11.8. The van der Waals surface area contributed by atoms with Crippen molar-refractivity contribution in [2.45, 2.75) is 32.6 Å². The van der Waals surface area contributed by atoms with Gasteiger partial charge in [0.05, 0.1) is 19.8 Å². The van der Waals surface area contributed by atoms with Gasteiger partial charge in [0.1, 0.15) is 23.7 Å². The molecule has 1 aromatic carbocycles. The zero-order chi connectivity index (χ0) is 17.5. The molecule has 1 unspecified atom stereocenters. The van der Waals surface area contributed by atoms with Crippen molar-refractivity contribution in [1.82, 2.24) is 5.32 Å². The summed E-state index contributed by atoms with van der Waals surface area (Å²) in [6.07, 6.45) is -0.128. The Morgan fingerprint density at radius 1 is 1.30 bits per heavy atom. The summed E-state index contributed by atoms with van der Waals surface area (Å²) in [5, 5.41) is 2.53. The summed E-state index contributed by atoms with van der Waals surface area (Å²) in [5.41, 5.74) is -0.210. The molecule has 0 aromatic heterocycles. The first kappa shape index (κ1) is 18.8. The summed E-state index contributed by atoms with van der Waals surface area (Å²) >= 11 is 0. The van der Waals surface area contributed by atoms with Crippen molar-refractivity contribution >= 4 is 12.4 Å². The van der Waals surface area contributed by atoms with Crippen molar-refractivity contribution in [2.24, 2.45) is 0 Å². The standard InChI is InChI=1S/C16H23NO6/c1-16(2,3)23-14(17-10-18)9-22-13-8-11(20-4)6-7-12(13)15(19)21-5/h6-8,10,14H,9H2,1-5H3,(H,17,18). The highest BCUT2D eigenvalue weighted by molar-refractivity contribution is 5.92. The van der Waals surface area contributed by atoms with Crippen LogP contribution in [-0.4, -0.2) is 45.0 Å². The van der Waals surface area contributed by atoms with Crippen LogP contribution in [0.15, 0.2) is 18.2 Å². The number of amides is 1. The van der Waals surface area contributed by atoms with Gasteiger partial charge < -0.3 is 24.3 Å². The first-order chi connectivity index (χ1) is 10.8.